The third-order valence-electron chi connectivity index (χ3n) is 2.74. The highest BCUT2D eigenvalue weighted by Crippen LogP contribution is 2.19. The van der Waals surface area contributed by atoms with E-state index in [4.69, 9.17) is 4.42 Å². The molecule has 0 radical (unpaired) electrons. The lowest BCUT2D eigenvalue weighted by molar-refractivity contribution is 0.525. The van der Waals surface area contributed by atoms with Crippen molar-refractivity contribution in [1.82, 2.24) is 0 Å². The summed E-state index contributed by atoms with van der Waals surface area (Å²) >= 11 is 0. The van der Waals surface area contributed by atoms with E-state index in [0.717, 1.165) is 23.9 Å². The average Bonchev–Trinajstić information content (AvgIpc) is 2.76. The van der Waals surface area contributed by atoms with Crippen molar-refractivity contribution >= 4 is 11.6 Å². The number of nitrogens with zero attached hydrogens (tertiary/aromatic N) is 1. The maximum Gasteiger partial charge on any atom is 0.195 e. The lowest BCUT2D eigenvalue weighted by Gasteiger charge is -2.16. The van der Waals surface area contributed by atoms with Gasteiger partial charge in [-0.25, -0.2) is 0 Å². The molecule has 1 aromatic carbocycles. The second kappa shape index (κ2) is 4.95. The minimum atomic E-state index is 0.836. The van der Waals surface area contributed by atoms with Gasteiger partial charge in [-0.3, -0.25) is 0 Å². The largest absolute Gasteiger partial charge is 0.446 e. The van der Waals surface area contributed by atoms with Crippen molar-refractivity contribution < 1.29 is 4.42 Å². The van der Waals surface area contributed by atoms with Crippen molar-refractivity contribution in [3.8, 4) is 0 Å². The van der Waals surface area contributed by atoms with Gasteiger partial charge in [0.1, 0.15) is 5.76 Å². The van der Waals surface area contributed by atoms with Gasteiger partial charge in [-0.15, -0.1) is 0 Å². The molecular formula is C14H18N2O. The Balaban J connectivity index is 2.09. The summed E-state index contributed by atoms with van der Waals surface area (Å²) in [6.45, 7) is 2.79. The van der Waals surface area contributed by atoms with Gasteiger partial charge >= 0.3 is 0 Å². The van der Waals surface area contributed by atoms with Gasteiger partial charge in [0.15, 0.2) is 5.88 Å². The molecule has 3 heteroatoms. The van der Waals surface area contributed by atoms with Gasteiger partial charge in [0.2, 0.25) is 0 Å². The molecule has 0 unspecified atom stereocenters. The van der Waals surface area contributed by atoms with E-state index in [2.05, 4.69) is 34.5 Å². The molecule has 0 spiro atoms. The lowest BCUT2D eigenvalue weighted by Crippen LogP contribution is -2.15. The maximum atomic E-state index is 5.58. The summed E-state index contributed by atoms with van der Waals surface area (Å²) in [4.78, 5) is 2.10. The minimum Gasteiger partial charge on any atom is -0.446 e. The molecule has 0 aliphatic rings. The Hall–Kier alpha value is -1.90. The molecule has 1 aromatic heterocycles. The molecule has 1 N–H and O–H groups in total. The van der Waals surface area contributed by atoms with Crippen molar-refractivity contribution in [1.29, 1.82) is 0 Å². The van der Waals surface area contributed by atoms with Crippen molar-refractivity contribution in [2.24, 2.45) is 0 Å². The van der Waals surface area contributed by atoms with E-state index in [9.17, 15) is 0 Å². The van der Waals surface area contributed by atoms with Crippen molar-refractivity contribution in [3.05, 3.63) is 47.7 Å². The van der Waals surface area contributed by atoms with Crippen molar-refractivity contribution in [2.75, 3.05) is 24.3 Å². The molecule has 0 saturated heterocycles. The van der Waals surface area contributed by atoms with Gasteiger partial charge in [0.05, 0.1) is 0 Å². The van der Waals surface area contributed by atoms with Crippen LogP contribution in [-0.4, -0.2) is 14.1 Å². The Bertz CT molecular complexity index is 490. The zero-order chi connectivity index (χ0) is 12.3. The van der Waals surface area contributed by atoms with Crippen LogP contribution in [0.5, 0.6) is 0 Å². The van der Waals surface area contributed by atoms with E-state index in [1.54, 1.807) is 0 Å². The molecular weight excluding hydrogens is 212 g/mol. The van der Waals surface area contributed by atoms with Gasteiger partial charge in [0.25, 0.3) is 0 Å². The highest BCUT2D eigenvalue weighted by molar-refractivity contribution is 5.46. The first-order chi connectivity index (χ1) is 8.19. The van der Waals surface area contributed by atoms with E-state index < -0.39 is 0 Å². The molecule has 0 aliphatic heterocycles. The summed E-state index contributed by atoms with van der Waals surface area (Å²) < 4.78 is 5.58. The van der Waals surface area contributed by atoms with Crippen LogP contribution < -0.4 is 10.2 Å². The zero-order valence-corrected chi connectivity index (χ0v) is 10.5. The molecule has 2 rings (SSSR count). The Morgan fingerprint density at radius 2 is 2.06 bits per heavy atom. The number of furan rings is 1. The van der Waals surface area contributed by atoms with Crippen LogP contribution in [0.15, 0.2) is 40.8 Å². The van der Waals surface area contributed by atoms with E-state index in [-0.39, 0.29) is 0 Å². The molecule has 0 bridgehead atoms. The quantitative estimate of drug-likeness (QED) is 0.873. The van der Waals surface area contributed by atoms with Crippen molar-refractivity contribution in [2.45, 2.75) is 13.5 Å². The van der Waals surface area contributed by atoms with Crippen LogP contribution in [-0.2, 0) is 6.54 Å². The first-order valence-electron chi connectivity index (χ1n) is 5.73. The van der Waals surface area contributed by atoms with Crippen LogP contribution >= 0.6 is 0 Å². The molecule has 3 nitrogen and oxygen atoms in total. The molecule has 0 atom stereocenters. The van der Waals surface area contributed by atoms with Gasteiger partial charge in [0, 0.05) is 32.4 Å². The zero-order valence-electron chi connectivity index (χ0n) is 10.5. The van der Waals surface area contributed by atoms with Crippen LogP contribution in [0.3, 0.4) is 0 Å². The number of nitrogens with one attached hydrogen (secondary N) is 1. The monoisotopic (exact) mass is 230 g/mol. The lowest BCUT2D eigenvalue weighted by atomic mass is 10.2. The fraction of sp³-hybridized carbons (Fsp3) is 0.286. The van der Waals surface area contributed by atoms with Crippen LogP contribution in [0, 0.1) is 6.92 Å². The standard InChI is InChI=1S/C14H18N2O/c1-11-7-8-14(17-11)16(3)10-12-5-4-6-13(9-12)15-2/h4-9,15H,10H2,1-3H3. The molecule has 0 amide bonds. The summed E-state index contributed by atoms with van der Waals surface area (Å²) in [5.41, 5.74) is 2.39. The molecule has 0 aliphatic carbocycles. The second-order valence-electron chi connectivity index (χ2n) is 4.19. The fourth-order valence-electron chi connectivity index (χ4n) is 1.80. The summed E-state index contributed by atoms with van der Waals surface area (Å²) in [5, 5.41) is 3.14. The fourth-order valence-corrected chi connectivity index (χ4v) is 1.80. The number of benzene rings is 1. The number of rotatable bonds is 4. The highest BCUT2D eigenvalue weighted by Gasteiger charge is 2.06. The van der Waals surface area contributed by atoms with E-state index in [0.29, 0.717) is 0 Å². The van der Waals surface area contributed by atoms with Gasteiger partial charge < -0.3 is 14.6 Å². The molecule has 2 aromatic rings. The second-order valence-corrected chi connectivity index (χ2v) is 4.19. The SMILES string of the molecule is CNc1cccc(CN(C)c2ccc(C)o2)c1. The van der Waals surface area contributed by atoms with Crippen LogP contribution in [0.25, 0.3) is 0 Å². The normalized spacial score (nSPS) is 10.3. The highest BCUT2D eigenvalue weighted by atomic mass is 16.4. The van der Waals surface area contributed by atoms with Crippen LogP contribution in [0.1, 0.15) is 11.3 Å². The Morgan fingerprint density at radius 1 is 1.24 bits per heavy atom. The molecule has 17 heavy (non-hydrogen) atoms. The maximum absolute atomic E-state index is 5.58. The Morgan fingerprint density at radius 3 is 2.71 bits per heavy atom. The third-order valence-corrected chi connectivity index (χ3v) is 2.74. The first kappa shape index (κ1) is 11.6. The van der Waals surface area contributed by atoms with Gasteiger partial charge in [-0.2, -0.15) is 0 Å². The predicted molar refractivity (Wildman–Crippen MR) is 71.5 cm³/mol. The predicted octanol–water partition coefficient (Wildman–Crippen LogP) is 3.27. The Kier molecular flexibility index (Phi) is 3.38. The number of anilines is 2. The van der Waals surface area contributed by atoms with E-state index in [1.807, 2.05) is 33.2 Å². The number of aryl methyl sites for hydroxylation is 1. The third kappa shape index (κ3) is 2.81. The first-order valence-corrected chi connectivity index (χ1v) is 5.73. The summed E-state index contributed by atoms with van der Waals surface area (Å²) in [6, 6.07) is 12.4. The average molecular weight is 230 g/mol. The molecule has 90 valence electrons. The Labute approximate surface area is 102 Å². The van der Waals surface area contributed by atoms with Crippen LogP contribution in [0.4, 0.5) is 11.6 Å². The van der Waals surface area contributed by atoms with E-state index >= 15 is 0 Å². The summed E-state index contributed by atoms with van der Waals surface area (Å²) in [5.74, 6) is 1.84. The summed E-state index contributed by atoms with van der Waals surface area (Å²) in [6.07, 6.45) is 0. The smallest absolute Gasteiger partial charge is 0.195 e. The van der Waals surface area contributed by atoms with Gasteiger partial charge in [-0.05, 0) is 30.7 Å². The number of hydrogen-bond acceptors (Lipinski definition) is 3. The van der Waals surface area contributed by atoms with Gasteiger partial charge in [-0.1, -0.05) is 12.1 Å². The minimum absolute atomic E-state index is 0.836. The number of hydrogen-bond donors (Lipinski definition) is 1. The topological polar surface area (TPSA) is 28.4 Å². The molecule has 1 heterocycles. The molecule has 0 saturated carbocycles. The molecule has 0 fully saturated rings. The summed E-state index contributed by atoms with van der Waals surface area (Å²) in [7, 11) is 3.96. The van der Waals surface area contributed by atoms with E-state index in [1.165, 1.54) is 5.56 Å². The van der Waals surface area contributed by atoms with Crippen LogP contribution in [0.2, 0.25) is 0 Å². The van der Waals surface area contributed by atoms with Crippen molar-refractivity contribution in [3.63, 3.8) is 0 Å².